The highest BCUT2D eigenvalue weighted by Crippen LogP contribution is 2.33. The van der Waals surface area contributed by atoms with E-state index in [0.29, 0.717) is 12.2 Å². The van der Waals surface area contributed by atoms with Gasteiger partial charge >= 0.3 is 0 Å². The van der Waals surface area contributed by atoms with Crippen LogP contribution in [0.5, 0.6) is 5.75 Å². The molecule has 0 radical (unpaired) electrons. The van der Waals surface area contributed by atoms with Gasteiger partial charge in [-0.25, -0.2) is 9.67 Å². The molecule has 34 heavy (non-hydrogen) atoms. The minimum atomic E-state index is -0.0912. The molecule has 2 aromatic heterocycles. The summed E-state index contributed by atoms with van der Waals surface area (Å²) in [6.45, 7) is 3.98. The van der Waals surface area contributed by atoms with Gasteiger partial charge in [0.15, 0.2) is 5.82 Å². The largest absolute Gasteiger partial charge is 0.491 e. The lowest BCUT2D eigenvalue weighted by Crippen LogP contribution is -2.25. The minimum Gasteiger partial charge on any atom is -0.491 e. The molecule has 1 aliphatic heterocycles. The number of amides is 1. The number of nitrogens with one attached hydrogen (secondary N) is 1. The second-order valence-corrected chi connectivity index (χ2v) is 9.32. The van der Waals surface area contributed by atoms with E-state index < -0.39 is 0 Å². The average Bonchev–Trinajstić information content (AvgIpc) is 3.54. The van der Waals surface area contributed by atoms with Crippen LogP contribution in [0.2, 0.25) is 0 Å². The number of aromatic nitrogens is 3. The molecule has 0 aliphatic carbocycles. The summed E-state index contributed by atoms with van der Waals surface area (Å²) in [7, 11) is 1.64. The van der Waals surface area contributed by atoms with Gasteiger partial charge in [-0.3, -0.25) is 9.69 Å². The van der Waals surface area contributed by atoms with E-state index >= 15 is 0 Å². The number of fused-ring (bicyclic) bond motifs is 1. The highest BCUT2D eigenvalue weighted by atomic mass is 32.2. The molecular formula is C26H27N5O2S. The fourth-order valence-electron chi connectivity index (χ4n) is 4.14. The molecule has 0 bridgehead atoms. The number of hydrogen-bond donors (Lipinski definition) is 1. The first-order chi connectivity index (χ1) is 16.7. The molecule has 1 saturated heterocycles. The lowest BCUT2D eigenvalue weighted by Gasteiger charge is -2.14. The van der Waals surface area contributed by atoms with Gasteiger partial charge in [0.1, 0.15) is 12.4 Å². The van der Waals surface area contributed by atoms with Crippen LogP contribution in [-0.4, -0.2) is 58.9 Å². The summed E-state index contributed by atoms with van der Waals surface area (Å²) in [5.41, 5.74) is 1.64. The quantitative estimate of drug-likeness (QED) is 0.409. The normalized spacial score (nSPS) is 13.9. The second-order valence-electron chi connectivity index (χ2n) is 8.20. The van der Waals surface area contributed by atoms with E-state index in [2.05, 4.69) is 26.4 Å². The monoisotopic (exact) mass is 473 g/mol. The predicted octanol–water partition coefficient (Wildman–Crippen LogP) is 4.41. The first-order valence-electron chi connectivity index (χ1n) is 11.5. The lowest BCUT2D eigenvalue weighted by atomic mass is 10.2. The molecule has 7 nitrogen and oxygen atoms in total. The lowest BCUT2D eigenvalue weighted by molar-refractivity contribution is 0.0960. The number of rotatable bonds is 8. The fraction of sp³-hybridized carbons (Fsp3) is 0.269. The molecule has 174 valence electrons. The molecule has 1 N–H and O–H groups in total. The molecule has 0 spiro atoms. The van der Waals surface area contributed by atoms with Crippen LogP contribution < -0.4 is 10.1 Å². The van der Waals surface area contributed by atoms with Gasteiger partial charge in [0.05, 0.1) is 23.5 Å². The van der Waals surface area contributed by atoms with Crippen molar-refractivity contribution in [1.82, 2.24) is 25.0 Å². The van der Waals surface area contributed by atoms with Crippen LogP contribution in [0.3, 0.4) is 0 Å². The number of ether oxygens (including phenoxy) is 1. The standard InChI is InChI=1S/C26H27N5O2S/c1-27-26(32)22-6-2-3-7-24(22)34-21-9-10-23-19(16-21)17-29-31(23)25-11-8-20(18-28-25)33-15-14-30-12-4-5-13-30/h2-3,6-11,16-18H,4-5,12-15H2,1H3,(H,27,32). The van der Waals surface area contributed by atoms with Crippen LogP contribution in [0.1, 0.15) is 23.2 Å². The summed E-state index contributed by atoms with van der Waals surface area (Å²) in [6.07, 6.45) is 6.17. The summed E-state index contributed by atoms with van der Waals surface area (Å²) in [5, 5.41) is 8.26. The second kappa shape index (κ2) is 10.3. The Kier molecular flexibility index (Phi) is 6.78. The van der Waals surface area contributed by atoms with E-state index in [-0.39, 0.29) is 5.91 Å². The molecule has 1 fully saturated rings. The van der Waals surface area contributed by atoms with Crippen molar-refractivity contribution in [2.24, 2.45) is 0 Å². The number of pyridine rings is 1. The SMILES string of the molecule is CNC(=O)c1ccccc1Sc1ccc2c(cnn2-c2ccc(OCCN3CCCC3)cn2)c1. The minimum absolute atomic E-state index is 0.0912. The van der Waals surface area contributed by atoms with Gasteiger partial charge in [-0.15, -0.1) is 0 Å². The Morgan fingerprint density at radius 1 is 1.09 bits per heavy atom. The molecule has 0 saturated carbocycles. The fourth-order valence-corrected chi connectivity index (χ4v) is 5.14. The molecule has 8 heteroatoms. The van der Waals surface area contributed by atoms with Crippen LogP contribution in [0.15, 0.2) is 76.8 Å². The maximum atomic E-state index is 12.2. The van der Waals surface area contributed by atoms with Crippen molar-refractivity contribution in [1.29, 1.82) is 0 Å². The Labute approximate surface area is 203 Å². The number of hydrogen-bond acceptors (Lipinski definition) is 6. The predicted molar refractivity (Wildman–Crippen MR) is 134 cm³/mol. The van der Waals surface area contributed by atoms with Crippen molar-refractivity contribution in [2.75, 3.05) is 33.3 Å². The topological polar surface area (TPSA) is 72.3 Å². The first-order valence-corrected chi connectivity index (χ1v) is 12.3. The van der Waals surface area contributed by atoms with E-state index in [1.54, 1.807) is 25.0 Å². The van der Waals surface area contributed by atoms with E-state index in [9.17, 15) is 4.79 Å². The summed E-state index contributed by atoms with van der Waals surface area (Å²) >= 11 is 1.56. The molecule has 4 aromatic rings. The van der Waals surface area contributed by atoms with Gasteiger partial charge in [0, 0.05) is 28.8 Å². The smallest absolute Gasteiger partial charge is 0.252 e. The maximum Gasteiger partial charge on any atom is 0.252 e. The highest BCUT2D eigenvalue weighted by molar-refractivity contribution is 7.99. The van der Waals surface area contributed by atoms with E-state index in [4.69, 9.17) is 4.74 Å². The van der Waals surface area contributed by atoms with E-state index in [0.717, 1.165) is 38.8 Å². The Hall–Kier alpha value is -3.36. The van der Waals surface area contributed by atoms with Crippen LogP contribution in [0, 0.1) is 0 Å². The zero-order valence-corrected chi connectivity index (χ0v) is 19.9. The summed E-state index contributed by atoms with van der Waals surface area (Å²) < 4.78 is 7.70. The van der Waals surface area contributed by atoms with Crippen LogP contribution in [0.25, 0.3) is 16.7 Å². The summed E-state index contributed by atoms with van der Waals surface area (Å²) in [5.74, 6) is 1.42. The number of likely N-dealkylation sites (tertiary alicyclic amines) is 1. The molecule has 1 aliphatic rings. The number of carbonyl (C=O) groups is 1. The van der Waals surface area contributed by atoms with Crippen LogP contribution in [0.4, 0.5) is 0 Å². The van der Waals surface area contributed by atoms with Crippen molar-refractivity contribution < 1.29 is 9.53 Å². The summed E-state index contributed by atoms with van der Waals surface area (Å²) in [6, 6.07) is 17.6. The third kappa shape index (κ3) is 4.93. The molecule has 3 heterocycles. The number of nitrogens with zero attached hydrogens (tertiary/aromatic N) is 4. The Morgan fingerprint density at radius 2 is 1.94 bits per heavy atom. The van der Waals surface area contributed by atoms with Crippen molar-refractivity contribution in [3.05, 3.63) is 72.6 Å². The third-order valence-electron chi connectivity index (χ3n) is 5.94. The Morgan fingerprint density at radius 3 is 2.74 bits per heavy atom. The van der Waals surface area contributed by atoms with E-state index in [1.807, 2.05) is 59.4 Å². The average molecular weight is 474 g/mol. The molecule has 2 aromatic carbocycles. The van der Waals surface area contributed by atoms with Crippen molar-refractivity contribution in [2.45, 2.75) is 22.6 Å². The molecular weight excluding hydrogens is 446 g/mol. The van der Waals surface area contributed by atoms with Crippen LogP contribution >= 0.6 is 11.8 Å². The zero-order valence-electron chi connectivity index (χ0n) is 19.1. The third-order valence-corrected chi connectivity index (χ3v) is 7.00. The Bertz CT molecular complexity index is 1280. The number of benzene rings is 2. The summed E-state index contributed by atoms with van der Waals surface area (Å²) in [4.78, 5) is 21.1. The van der Waals surface area contributed by atoms with Gasteiger partial charge in [-0.2, -0.15) is 5.10 Å². The van der Waals surface area contributed by atoms with Gasteiger partial charge in [-0.05, 0) is 68.4 Å². The van der Waals surface area contributed by atoms with Gasteiger partial charge in [0.2, 0.25) is 0 Å². The van der Waals surface area contributed by atoms with Gasteiger partial charge in [0.25, 0.3) is 5.91 Å². The molecule has 5 rings (SSSR count). The van der Waals surface area contributed by atoms with Crippen LogP contribution in [-0.2, 0) is 0 Å². The first kappa shape index (κ1) is 22.4. The van der Waals surface area contributed by atoms with Crippen molar-refractivity contribution in [3.8, 4) is 11.6 Å². The molecule has 1 amide bonds. The maximum absolute atomic E-state index is 12.2. The zero-order chi connectivity index (χ0) is 23.3. The Balaban J connectivity index is 1.29. The number of carbonyl (C=O) groups excluding carboxylic acids is 1. The molecule has 0 unspecified atom stereocenters. The van der Waals surface area contributed by atoms with Gasteiger partial charge < -0.3 is 10.1 Å². The van der Waals surface area contributed by atoms with E-state index in [1.165, 1.54) is 25.9 Å². The van der Waals surface area contributed by atoms with Gasteiger partial charge in [-0.1, -0.05) is 23.9 Å². The molecule has 0 atom stereocenters. The van der Waals surface area contributed by atoms with Crippen molar-refractivity contribution >= 4 is 28.6 Å². The highest BCUT2D eigenvalue weighted by Gasteiger charge is 2.13. The van der Waals surface area contributed by atoms with Crippen molar-refractivity contribution in [3.63, 3.8) is 0 Å².